The quantitative estimate of drug-likeness (QED) is 0.849. The molecule has 0 radical (unpaired) electrons. The van der Waals surface area contributed by atoms with E-state index in [1.54, 1.807) is 0 Å². The molecule has 0 aromatic heterocycles. The number of carbonyl (C=O) groups is 1. The summed E-state index contributed by atoms with van der Waals surface area (Å²) >= 11 is 0. The Morgan fingerprint density at radius 1 is 1.20 bits per heavy atom. The van der Waals surface area contributed by atoms with Crippen molar-refractivity contribution in [2.45, 2.75) is 39.8 Å². The first-order valence-electron chi connectivity index (χ1n) is 6.71. The lowest BCUT2D eigenvalue weighted by Crippen LogP contribution is -2.34. The molecule has 0 fully saturated rings. The van der Waals surface area contributed by atoms with Crippen molar-refractivity contribution in [3.05, 3.63) is 29.8 Å². The minimum atomic E-state index is -0.161. The molecule has 2 unspecified atom stereocenters. The minimum absolute atomic E-state index is 0. The molecule has 4 nitrogen and oxygen atoms in total. The second-order valence-corrected chi connectivity index (χ2v) is 5.10. The zero-order valence-electron chi connectivity index (χ0n) is 12.6. The fourth-order valence-corrected chi connectivity index (χ4v) is 1.65. The van der Waals surface area contributed by atoms with Crippen molar-refractivity contribution in [2.75, 3.05) is 6.54 Å². The molecular formula is C15H25ClN2O2. The van der Waals surface area contributed by atoms with Gasteiger partial charge in [0.1, 0.15) is 5.75 Å². The molecule has 0 aliphatic rings. The number of benzene rings is 1. The highest BCUT2D eigenvalue weighted by molar-refractivity contribution is 5.85. The standard InChI is InChI=1S/C15H24N2O2.ClH/c1-10(2)19-14-7-5-13(6-8-14)12(4)17-15(18)11(3)9-16;/h5-8,10-12H,9,16H2,1-4H3,(H,17,18);1H. The molecule has 0 saturated heterocycles. The topological polar surface area (TPSA) is 64.3 Å². The van der Waals surface area contributed by atoms with E-state index in [2.05, 4.69) is 5.32 Å². The van der Waals surface area contributed by atoms with Crippen LogP contribution >= 0.6 is 12.4 Å². The van der Waals surface area contributed by atoms with Gasteiger partial charge in [-0.3, -0.25) is 4.79 Å². The summed E-state index contributed by atoms with van der Waals surface area (Å²) in [5.74, 6) is 0.663. The van der Waals surface area contributed by atoms with Crippen LogP contribution in [-0.2, 0) is 4.79 Å². The molecule has 5 heteroatoms. The van der Waals surface area contributed by atoms with Crippen LogP contribution in [0.25, 0.3) is 0 Å². The van der Waals surface area contributed by atoms with Crippen molar-refractivity contribution in [1.82, 2.24) is 5.32 Å². The number of hydrogen-bond donors (Lipinski definition) is 2. The van der Waals surface area contributed by atoms with E-state index in [1.165, 1.54) is 0 Å². The summed E-state index contributed by atoms with van der Waals surface area (Å²) in [6.07, 6.45) is 0.161. The summed E-state index contributed by atoms with van der Waals surface area (Å²) < 4.78 is 5.58. The highest BCUT2D eigenvalue weighted by Gasteiger charge is 2.14. The average molecular weight is 301 g/mol. The Labute approximate surface area is 127 Å². The summed E-state index contributed by atoms with van der Waals surface area (Å²) in [5, 5.41) is 2.95. The lowest BCUT2D eigenvalue weighted by Gasteiger charge is -2.17. The molecule has 1 rings (SSSR count). The predicted octanol–water partition coefficient (Wildman–Crippen LogP) is 2.67. The van der Waals surface area contributed by atoms with Crippen molar-refractivity contribution in [2.24, 2.45) is 11.7 Å². The SMILES string of the molecule is CC(C)Oc1ccc(C(C)NC(=O)C(C)CN)cc1.Cl. The van der Waals surface area contributed by atoms with Crippen LogP contribution in [0, 0.1) is 5.92 Å². The van der Waals surface area contributed by atoms with Crippen molar-refractivity contribution in [3.8, 4) is 5.75 Å². The Morgan fingerprint density at radius 3 is 2.20 bits per heavy atom. The smallest absolute Gasteiger partial charge is 0.224 e. The third-order valence-corrected chi connectivity index (χ3v) is 2.91. The summed E-state index contributed by atoms with van der Waals surface area (Å²) in [6, 6.07) is 7.75. The zero-order chi connectivity index (χ0) is 14.4. The minimum Gasteiger partial charge on any atom is -0.491 e. The van der Waals surface area contributed by atoms with E-state index in [0.717, 1.165) is 11.3 Å². The lowest BCUT2D eigenvalue weighted by atomic mass is 10.1. The molecule has 1 aromatic carbocycles. The number of nitrogens with one attached hydrogen (secondary N) is 1. The van der Waals surface area contributed by atoms with Gasteiger partial charge in [0.15, 0.2) is 0 Å². The van der Waals surface area contributed by atoms with Gasteiger partial charge >= 0.3 is 0 Å². The van der Waals surface area contributed by atoms with Gasteiger partial charge in [-0.15, -0.1) is 12.4 Å². The molecular weight excluding hydrogens is 276 g/mol. The predicted molar refractivity (Wildman–Crippen MR) is 84.2 cm³/mol. The van der Waals surface area contributed by atoms with Gasteiger partial charge in [-0.1, -0.05) is 19.1 Å². The van der Waals surface area contributed by atoms with E-state index in [0.29, 0.717) is 6.54 Å². The molecule has 114 valence electrons. The van der Waals surface area contributed by atoms with Gasteiger partial charge in [-0.05, 0) is 38.5 Å². The van der Waals surface area contributed by atoms with E-state index in [9.17, 15) is 4.79 Å². The second-order valence-electron chi connectivity index (χ2n) is 5.10. The van der Waals surface area contributed by atoms with E-state index < -0.39 is 0 Å². The molecule has 0 saturated carbocycles. The van der Waals surface area contributed by atoms with Crippen molar-refractivity contribution in [1.29, 1.82) is 0 Å². The van der Waals surface area contributed by atoms with Crippen LogP contribution in [0.4, 0.5) is 0 Å². The van der Waals surface area contributed by atoms with Gasteiger partial charge in [-0.2, -0.15) is 0 Å². The Morgan fingerprint density at radius 2 is 1.75 bits per heavy atom. The van der Waals surface area contributed by atoms with Crippen molar-refractivity contribution in [3.63, 3.8) is 0 Å². The summed E-state index contributed by atoms with van der Waals surface area (Å²) in [6.45, 7) is 8.12. The highest BCUT2D eigenvalue weighted by atomic mass is 35.5. The van der Waals surface area contributed by atoms with Crippen LogP contribution in [0.3, 0.4) is 0 Å². The maximum Gasteiger partial charge on any atom is 0.224 e. The van der Waals surface area contributed by atoms with Crippen molar-refractivity contribution >= 4 is 18.3 Å². The largest absolute Gasteiger partial charge is 0.491 e. The Hall–Kier alpha value is -1.26. The van der Waals surface area contributed by atoms with Crippen LogP contribution in [0.5, 0.6) is 5.75 Å². The summed E-state index contributed by atoms with van der Waals surface area (Å²) in [7, 11) is 0. The second kappa shape index (κ2) is 8.82. The molecule has 0 aliphatic carbocycles. The van der Waals surface area contributed by atoms with Crippen LogP contribution < -0.4 is 15.8 Å². The maximum absolute atomic E-state index is 11.8. The third-order valence-electron chi connectivity index (χ3n) is 2.91. The normalized spacial score (nSPS) is 13.3. The Balaban J connectivity index is 0.00000361. The molecule has 2 atom stereocenters. The van der Waals surface area contributed by atoms with Gasteiger partial charge in [0.2, 0.25) is 5.91 Å². The number of halogens is 1. The van der Waals surface area contributed by atoms with Gasteiger partial charge < -0.3 is 15.8 Å². The first kappa shape index (κ1) is 18.7. The molecule has 1 aromatic rings. The molecule has 20 heavy (non-hydrogen) atoms. The number of rotatable bonds is 6. The van der Waals surface area contributed by atoms with Crippen LogP contribution in [0.2, 0.25) is 0 Å². The summed E-state index contributed by atoms with van der Waals surface area (Å²) in [5.41, 5.74) is 6.53. The number of hydrogen-bond acceptors (Lipinski definition) is 3. The lowest BCUT2D eigenvalue weighted by molar-refractivity contribution is -0.124. The first-order valence-corrected chi connectivity index (χ1v) is 6.71. The van der Waals surface area contributed by atoms with E-state index in [-0.39, 0.29) is 36.4 Å². The highest BCUT2D eigenvalue weighted by Crippen LogP contribution is 2.18. The van der Waals surface area contributed by atoms with Gasteiger partial charge in [-0.25, -0.2) is 0 Å². The Bertz CT molecular complexity index is 407. The molecule has 0 bridgehead atoms. The fourth-order valence-electron chi connectivity index (χ4n) is 1.65. The van der Waals surface area contributed by atoms with Gasteiger partial charge in [0.25, 0.3) is 0 Å². The number of carbonyl (C=O) groups excluding carboxylic acids is 1. The van der Waals surface area contributed by atoms with E-state index in [4.69, 9.17) is 10.5 Å². The molecule has 1 amide bonds. The third kappa shape index (κ3) is 5.80. The van der Waals surface area contributed by atoms with Crippen molar-refractivity contribution < 1.29 is 9.53 Å². The van der Waals surface area contributed by atoms with Crippen LogP contribution in [0.15, 0.2) is 24.3 Å². The molecule has 0 aliphatic heterocycles. The fraction of sp³-hybridized carbons (Fsp3) is 0.533. The van der Waals surface area contributed by atoms with E-state index >= 15 is 0 Å². The maximum atomic E-state index is 11.8. The monoisotopic (exact) mass is 300 g/mol. The van der Waals surface area contributed by atoms with Crippen LogP contribution in [-0.4, -0.2) is 18.6 Å². The molecule has 0 spiro atoms. The number of amides is 1. The number of nitrogens with two attached hydrogens (primary N) is 1. The van der Waals surface area contributed by atoms with Gasteiger partial charge in [0.05, 0.1) is 12.1 Å². The number of ether oxygens (including phenoxy) is 1. The van der Waals surface area contributed by atoms with E-state index in [1.807, 2.05) is 52.0 Å². The van der Waals surface area contributed by atoms with Crippen LogP contribution in [0.1, 0.15) is 39.3 Å². The van der Waals surface area contributed by atoms with Gasteiger partial charge in [0, 0.05) is 12.5 Å². The average Bonchev–Trinajstić information content (AvgIpc) is 2.37. The Kier molecular flexibility index (Phi) is 8.26. The molecule has 0 heterocycles. The zero-order valence-corrected chi connectivity index (χ0v) is 13.4. The molecule has 3 N–H and O–H groups in total. The first-order chi connectivity index (χ1) is 8.93. The summed E-state index contributed by atoms with van der Waals surface area (Å²) in [4.78, 5) is 11.8.